The highest BCUT2D eigenvalue weighted by molar-refractivity contribution is 5.90. The Bertz CT molecular complexity index is 1150. The minimum absolute atomic E-state index is 0.0533. The Morgan fingerprint density at radius 1 is 1.12 bits per heavy atom. The van der Waals surface area contributed by atoms with Crippen LogP contribution in [-0.2, 0) is 6.54 Å². The average molecular weight is 433 g/mol. The van der Waals surface area contributed by atoms with Crippen molar-refractivity contribution in [3.05, 3.63) is 70.3 Å². The van der Waals surface area contributed by atoms with Gasteiger partial charge >= 0.3 is 6.03 Å². The monoisotopic (exact) mass is 432 g/mol. The summed E-state index contributed by atoms with van der Waals surface area (Å²) in [6, 6.07) is 14.9. The van der Waals surface area contributed by atoms with E-state index in [-0.39, 0.29) is 23.7 Å². The van der Waals surface area contributed by atoms with E-state index in [1.165, 1.54) is 6.42 Å². The van der Waals surface area contributed by atoms with E-state index >= 15 is 0 Å². The van der Waals surface area contributed by atoms with Crippen molar-refractivity contribution < 1.29 is 4.79 Å². The maximum Gasteiger partial charge on any atom is 0.322 e. The van der Waals surface area contributed by atoms with Crippen LogP contribution in [0.5, 0.6) is 0 Å². The van der Waals surface area contributed by atoms with E-state index in [2.05, 4.69) is 5.32 Å². The van der Waals surface area contributed by atoms with Gasteiger partial charge in [-0.2, -0.15) is 0 Å². The minimum Gasteiger partial charge on any atom is -0.312 e. The number of fused-ring (bicyclic) bond motifs is 1. The molecule has 1 aliphatic carbocycles. The lowest BCUT2D eigenvalue weighted by Gasteiger charge is -2.38. The van der Waals surface area contributed by atoms with Crippen LogP contribution < -0.4 is 10.9 Å². The van der Waals surface area contributed by atoms with Crippen LogP contribution in [-0.4, -0.2) is 26.5 Å². The van der Waals surface area contributed by atoms with Crippen LogP contribution in [0.25, 0.3) is 10.9 Å². The number of hydrogen-bond acceptors (Lipinski definition) is 3. The molecule has 1 aliphatic rings. The van der Waals surface area contributed by atoms with Crippen LogP contribution in [0, 0.1) is 6.92 Å². The van der Waals surface area contributed by atoms with E-state index in [1.807, 2.05) is 74.2 Å². The number of para-hydroxylation sites is 1. The van der Waals surface area contributed by atoms with Gasteiger partial charge in [-0.05, 0) is 57.9 Å². The van der Waals surface area contributed by atoms with Crippen LogP contribution in [0.2, 0.25) is 0 Å². The van der Waals surface area contributed by atoms with E-state index in [4.69, 9.17) is 4.98 Å². The molecule has 1 fully saturated rings. The van der Waals surface area contributed by atoms with Crippen molar-refractivity contribution in [1.29, 1.82) is 0 Å². The summed E-state index contributed by atoms with van der Waals surface area (Å²) < 4.78 is 1.71. The van der Waals surface area contributed by atoms with Gasteiger partial charge in [0.25, 0.3) is 5.56 Å². The molecule has 4 rings (SSSR count). The molecule has 0 bridgehead atoms. The number of nitrogens with one attached hydrogen (secondary N) is 1. The number of amides is 2. The van der Waals surface area contributed by atoms with Crippen molar-refractivity contribution >= 4 is 22.6 Å². The third kappa shape index (κ3) is 4.40. The fraction of sp³-hybridized carbons (Fsp3) is 0.423. The summed E-state index contributed by atoms with van der Waals surface area (Å²) in [5, 5.41) is 3.69. The summed E-state index contributed by atoms with van der Waals surface area (Å²) in [6.45, 7) is 6.48. The number of hydrogen-bond donors (Lipinski definition) is 1. The van der Waals surface area contributed by atoms with Crippen LogP contribution in [0.1, 0.15) is 63.4 Å². The number of aryl methyl sites for hydroxylation is 1. The molecule has 6 heteroatoms. The Hall–Kier alpha value is -3.15. The maximum absolute atomic E-state index is 13.6. The topological polar surface area (TPSA) is 67.2 Å². The lowest BCUT2D eigenvalue weighted by atomic mass is 9.93. The van der Waals surface area contributed by atoms with Gasteiger partial charge in [-0.3, -0.25) is 9.36 Å². The van der Waals surface area contributed by atoms with Crippen molar-refractivity contribution in [2.24, 2.45) is 0 Å². The molecule has 0 radical (unpaired) electrons. The zero-order valence-corrected chi connectivity index (χ0v) is 19.2. The first kappa shape index (κ1) is 22.1. The number of anilines is 1. The third-order valence-electron chi connectivity index (χ3n) is 6.50. The quantitative estimate of drug-likeness (QED) is 0.566. The molecule has 1 aromatic heterocycles. The number of benzene rings is 2. The van der Waals surface area contributed by atoms with Crippen LogP contribution in [0.3, 0.4) is 0 Å². The van der Waals surface area contributed by atoms with E-state index < -0.39 is 0 Å². The average Bonchev–Trinajstić information content (AvgIpc) is 2.81. The molecule has 2 aromatic carbocycles. The third-order valence-corrected chi connectivity index (χ3v) is 6.50. The van der Waals surface area contributed by atoms with Crippen molar-refractivity contribution in [1.82, 2.24) is 14.5 Å². The molecule has 3 aromatic rings. The zero-order chi connectivity index (χ0) is 22.7. The molecule has 0 aliphatic heterocycles. The molecule has 1 atom stereocenters. The van der Waals surface area contributed by atoms with Gasteiger partial charge < -0.3 is 10.2 Å². The van der Waals surface area contributed by atoms with Crippen LogP contribution >= 0.6 is 0 Å². The molecule has 6 nitrogen and oxygen atoms in total. The van der Waals surface area contributed by atoms with E-state index in [9.17, 15) is 9.59 Å². The smallest absolute Gasteiger partial charge is 0.312 e. The highest BCUT2D eigenvalue weighted by Gasteiger charge is 2.33. The second-order valence-electron chi connectivity index (χ2n) is 8.71. The van der Waals surface area contributed by atoms with Gasteiger partial charge in [0.05, 0.1) is 16.9 Å². The summed E-state index contributed by atoms with van der Waals surface area (Å²) in [6.07, 6.45) is 5.35. The molecule has 0 saturated heterocycles. The SMILES string of the molecule is CCn1c(C(C)N(C(=O)Nc2ccc(C)cc2)C2CCCCC2)nc2ccccc2c1=O. The number of rotatable bonds is 5. The maximum atomic E-state index is 13.6. The van der Waals surface area contributed by atoms with E-state index in [1.54, 1.807) is 4.57 Å². The Kier molecular flexibility index (Phi) is 6.58. The largest absolute Gasteiger partial charge is 0.322 e. The normalized spacial score (nSPS) is 15.5. The molecular weight excluding hydrogens is 400 g/mol. The number of urea groups is 1. The molecule has 1 unspecified atom stereocenters. The molecule has 1 N–H and O–H groups in total. The Balaban J connectivity index is 1.74. The van der Waals surface area contributed by atoms with Crippen molar-refractivity contribution in [2.45, 2.75) is 71.5 Å². The zero-order valence-electron chi connectivity index (χ0n) is 19.2. The van der Waals surface area contributed by atoms with Crippen molar-refractivity contribution in [3.8, 4) is 0 Å². The summed E-state index contributed by atoms with van der Waals surface area (Å²) in [5.41, 5.74) is 2.54. The lowest BCUT2D eigenvalue weighted by Crippen LogP contribution is -2.46. The van der Waals surface area contributed by atoms with Crippen LogP contribution in [0.4, 0.5) is 10.5 Å². The highest BCUT2D eigenvalue weighted by atomic mass is 16.2. The second-order valence-corrected chi connectivity index (χ2v) is 8.71. The minimum atomic E-state index is -0.333. The highest BCUT2D eigenvalue weighted by Crippen LogP contribution is 2.30. The number of carbonyl (C=O) groups excluding carboxylic acids is 1. The predicted octanol–water partition coefficient (Wildman–Crippen LogP) is 5.65. The van der Waals surface area contributed by atoms with Crippen molar-refractivity contribution in [3.63, 3.8) is 0 Å². The standard InChI is InChI=1S/C26H32N4O2/c1-4-29-24(28-23-13-9-8-12-22(23)25(29)31)19(3)30(21-10-6-5-7-11-21)26(32)27-20-16-14-18(2)15-17-20/h8-9,12-17,19,21H,4-7,10-11H2,1-3H3,(H,27,32). The van der Waals surface area contributed by atoms with Gasteiger partial charge in [-0.25, -0.2) is 9.78 Å². The van der Waals surface area contributed by atoms with Gasteiger partial charge in [0.15, 0.2) is 0 Å². The van der Waals surface area contributed by atoms with Crippen LogP contribution in [0.15, 0.2) is 53.3 Å². The summed E-state index contributed by atoms with van der Waals surface area (Å²) in [7, 11) is 0. The fourth-order valence-electron chi connectivity index (χ4n) is 4.78. The molecule has 168 valence electrons. The first-order valence-corrected chi connectivity index (χ1v) is 11.6. The number of carbonyl (C=O) groups is 1. The van der Waals surface area contributed by atoms with Gasteiger partial charge in [0.1, 0.15) is 5.82 Å². The summed E-state index contributed by atoms with van der Waals surface area (Å²) >= 11 is 0. The van der Waals surface area contributed by atoms with Crippen molar-refractivity contribution in [2.75, 3.05) is 5.32 Å². The Labute approximate surface area is 189 Å². The molecule has 1 saturated carbocycles. The number of nitrogens with zero attached hydrogens (tertiary/aromatic N) is 3. The summed E-state index contributed by atoms with van der Waals surface area (Å²) in [5.74, 6) is 0.640. The van der Waals surface area contributed by atoms with Gasteiger partial charge in [-0.15, -0.1) is 0 Å². The molecule has 32 heavy (non-hydrogen) atoms. The fourth-order valence-corrected chi connectivity index (χ4v) is 4.78. The molecule has 2 amide bonds. The lowest BCUT2D eigenvalue weighted by molar-refractivity contribution is 0.134. The first-order chi connectivity index (χ1) is 15.5. The molecule has 1 heterocycles. The predicted molar refractivity (Wildman–Crippen MR) is 129 cm³/mol. The van der Waals surface area contributed by atoms with Gasteiger partial charge in [-0.1, -0.05) is 49.1 Å². The first-order valence-electron chi connectivity index (χ1n) is 11.6. The Morgan fingerprint density at radius 3 is 2.50 bits per heavy atom. The summed E-state index contributed by atoms with van der Waals surface area (Å²) in [4.78, 5) is 33.5. The Morgan fingerprint density at radius 2 is 1.81 bits per heavy atom. The molecular formula is C26H32N4O2. The van der Waals surface area contributed by atoms with E-state index in [0.29, 0.717) is 23.3 Å². The van der Waals surface area contributed by atoms with Gasteiger partial charge in [0, 0.05) is 18.3 Å². The molecule has 0 spiro atoms. The second kappa shape index (κ2) is 9.55. The number of aromatic nitrogens is 2. The van der Waals surface area contributed by atoms with E-state index in [0.717, 1.165) is 36.9 Å². The van der Waals surface area contributed by atoms with Gasteiger partial charge in [0.2, 0.25) is 0 Å².